The van der Waals surface area contributed by atoms with E-state index in [0.717, 1.165) is 43.2 Å². The van der Waals surface area contributed by atoms with E-state index in [1.54, 1.807) is 25.6 Å². The van der Waals surface area contributed by atoms with E-state index in [9.17, 15) is 4.79 Å². The Kier molecular flexibility index (Phi) is 5.11. The first kappa shape index (κ1) is 16.1. The normalized spacial score (nSPS) is 14.9. The highest BCUT2D eigenvalue weighted by molar-refractivity contribution is 5.92. The van der Waals surface area contributed by atoms with Crippen molar-refractivity contribution in [2.45, 2.75) is 0 Å². The van der Waals surface area contributed by atoms with Crippen LogP contribution in [0.4, 0.5) is 5.69 Å². The number of methoxy groups -OCH3 is 1. The van der Waals surface area contributed by atoms with Crippen molar-refractivity contribution in [2.24, 2.45) is 0 Å². The van der Waals surface area contributed by atoms with Crippen molar-refractivity contribution in [1.82, 2.24) is 9.88 Å². The number of ether oxygens (including phenoxy) is 1. The molecular weight excluding hydrogens is 302 g/mol. The Morgan fingerprint density at radius 2 is 1.79 bits per heavy atom. The van der Waals surface area contributed by atoms with Crippen LogP contribution in [0.25, 0.3) is 6.08 Å². The van der Waals surface area contributed by atoms with Crippen LogP contribution in [0.1, 0.15) is 5.56 Å². The lowest BCUT2D eigenvalue weighted by Crippen LogP contribution is -2.48. The number of hydrogen-bond donors (Lipinski definition) is 0. The monoisotopic (exact) mass is 323 g/mol. The van der Waals surface area contributed by atoms with E-state index in [2.05, 4.69) is 9.88 Å². The summed E-state index contributed by atoms with van der Waals surface area (Å²) in [5.74, 6) is 0.805. The number of benzene rings is 1. The molecule has 5 nitrogen and oxygen atoms in total. The molecule has 0 unspecified atom stereocenters. The van der Waals surface area contributed by atoms with Crippen LogP contribution in [-0.4, -0.2) is 49.1 Å². The molecule has 1 aromatic carbocycles. The summed E-state index contributed by atoms with van der Waals surface area (Å²) in [4.78, 5) is 20.6. The molecule has 1 saturated heterocycles. The van der Waals surface area contributed by atoms with Gasteiger partial charge in [0.25, 0.3) is 0 Å². The zero-order valence-electron chi connectivity index (χ0n) is 13.8. The highest BCUT2D eigenvalue weighted by atomic mass is 16.5. The Labute approximate surface area is 142 Å². The van der Waals surface area contributed by atoms with Gasteiger partial charge in [-0.1, -0.05) is 18.2 Å². The minimum atomic E-state index is 0.0373. The third kappa shape index (κ3) is 3.74. The lowest BCUT2D eigenvalue weighted by molar-refractivity contribution is -0.126. The van der Waals surface area contributed by atoms with Gasteiger partial charge in [-0.3, -0.25) is 9.78 Å². The predicted molar refractivity (Wildman–Crippen MR) is 95.1 cm³/mol. The first-order valence-corrected chi connectivity index (χ1v) is 8.03. The molecule has 1 amide bonds. The molecule has 2 heterocycles. The van der Waals surface area contributed by atoms with Gasteiger partial charge in [-0.15, -0.1) is 0 Å². The van der Waals surface area contributed by atoms with Crippen molar-refractivity contribution in [3.05, 3.63) is 60.4 Å². The smallest absolute Gasteiger partial charge is 0.246 e. The zero-order valence-corrected chi connectivity index (χ0v) is 13.8. The van der Waals surface area contributed by atoms with Crippen molar-refractivity contribution >= 4 is 17.7 Å². The van der Waals surface area contributed by atoms with Gasteiger partial charge < -0.3 is 14.5 Å². The van der Waals surface area contributed by atoms with Gasteiger partial charge in [-0.05, 0) is 24.3 Å². The van der Waals surface area contributed by atoms with Crippen LogP contribution < -0.4 is 9.64 Å². The number of carbonyl (C=O) groups is 1. The molecule has 124 valence electrons. The number of para-hydroxylation sites is 1. The van der Waals surface area contributed by atoms with Gasteiger partial charge in [0.1, 0.15) is 5.75 Å². The van der Waals surface area contributed by atoms with E-state index in [1.807, 2.05) is 47.4 Å². The topological polar surface area (TPSA) is 45.7 Å². The Morgan fingerprint density at radius 1 is 1.08 bits per heavy atom. The number of aromatic nitrogens is 1. The minimum absolute atomic E-state index is 0.0373. The first-order chi connectivity index (χ1) is 11.8. The van der Waals surface area contributed by atoms with Crippen LogP contribution in [-0.2, 0) is 4.79 Å². The fraction of sp³-hybridized carbons (Fsp3) is 0.263. The van der Waals surface area contributed by atoms with Crippen molar-refractivity contribution in [2.75, 3.05) is 38.2 Å². The van der Waals surface area contributed by atoms with E-state index in [0.29, 0.717) is 0 Å². The number of nitrogens with zero attached hydrogens (tertiary/aromatic N) is 3. The lowest BCUT2D eigenvalue weighted by atomic mass is 10.2. The summed E-state index contributed by atoms with van der Waals surface area (Å²) in [6.07, 6.45) is 7.03. The van der Waals surface area contributed by atoms with Gasteiger partial charge in [0.15, 0.2) is 0 Å². The van der Waals surface area contributed by atoms with Crippen molar-refractivity contribution in [3.63, 3.8) is 0 Å². The molecule has 0 spiro atoms. The van der Waals surface area contributed by atoms with Crippen LogP contribution in [0.15, 0.2) is 54.9 Å². The summed E-state index contributed by atoms with van der Waals surface area (Å²) in [5, 5.41) is 0. The molecule has 1 aliphatic heterocycles. The van der Waals surface area contributed by atoms with Crippen molar-refractivity contribution in [3.8, 4) is 5.75 Å². The molecule has 1 aromatic heterocycles. The van der Waals surface area contributed by atoms with Crippen LogP contribution >= 0.6 is 0 Å². The van der Waals surface area contributed by atoms with Crippen molar-refractivity contribution < 1.29 is 9.53 Å². The molecule has 2 aromatic rings. The Balaban J connectivity index is 1.58. The average molecular weight is 323 g/mol. The van der Waals surface area contributed by atoms with Gasteiger partial charge in [0, 0.05) is 55.9 Å². The summed E-state index contributed by atoms with van der Waals surface area (Å²) in [7, 11) is 1.63. The second-order valence-corrected chi connectivity index (χ2v) is 5.59. The van der Waals surface area contributed by atoms with E-state index in [-0.39, 0.29) is 5.91 Å². The van der Waals surface area contributed by atoms with Gasteiger partial charge in [0.05, 0.1) is 7.11 Å². The summed E-state index contributed by atoms with van der Waals surface area (Å²) >= 11 is 0. The Hall–Kier alpha value is -2.82. The number of pyridine rings is 1. The van der Waals surface area contributed by atoms with E-state index >= 15 is 0 Å². The molecule has 0 radical (unpaired) electrons. The predicted octanol–water partition coefficient (Wildman–Crippen LogP) is 2.45. The first-order valence-electron chi connectivity index (χ1n) is 8.03. The van der Waals surface area contributed by atoms with Gasteiger partial charge in [-0.2, -0.15) is 0 Å². The molecule has 0 saturated carbocycles. The van der Waals surface area contributed by atoms with E-state index in [1.165, 1.54) is 0 Å². The maximum absolute atomic E-state index is 12.4. The number of hydrogen-bond acceptors (Lipinski definition) is 4. The number of piperazine rings is 1. The van der Waals surface area contributed by atoms with E-state index in [4.69, 9.17) is 4.74 Å². The molecule has 0 N–H and O–H groups in total. The molecule has 24 heavy (non-hydrogen) atoms. The summed E-state index contributed by atoms with van der Waals surface area (Å²) in [5.41, 5.74) is 2.06. The average Bonchev–Trinajstić information content (AvgIpc) is 2.67. The zero-order chi connectivity index (χ0) is 16.8. The molecular formula is C19H21N3O2. The summed E-state index contributed by atoms with van der Waals surface area (Å²) in [6, 6.07) is 11.7. The third-order valence-corrected chi connectivity index (χ3v) is 4.16. The molecule has 1 fully saturated rings. The maximum atomic E-state index is 12.4. The molecule has 0 atom stereocenters. The van der Waals surface area contributed by atoms with Crippen molar-refractivity contribution in [1.29, 1.82) is 0 Å². The molecule has 0 aliphatic carbocycles. The van der Waals surface area contributed by atoms with E-state index < -0.39 is 0 Å². The summed E-state index contributed by atoms with van der Waals surface area (Å²) in [6.45, 7) is 3.10. The minimum Gasteiger partial charge on any atom is -0.496 e. The fourth-order valence-corrected chi connectivity index (χ4v) is 2.81. The third-order valence-electron chi connectivity index (χ3n) is 4.16. The number of carbonyl (C=O) groups excluding carboxylic acids is 1. The highest BCUT2D eigenvalue weighted by Gasteiger charge is 2.19. The molecule has 3 rings (SSSR count). The number of rotatable bonds is 4. The van der Waals surface area contributed by atoms with Crippen LogP contribution in [0.3, 0.4) is 0 Å². The standard InChI is InChI=1S/C19H21N3O2/c1-24-18-5-3-2-4-16(18)6-7-19(23)22-14-12-21(13-15-22)17-8-10-20-11-9-17/h2-11H,12-15H2,1H3. The van der Waals surface area contributed by atoms with Gasteiger partial charge in [-0.25, -0.2) is 0 Å². The van der Waals surface area contributed by atoms with Crippen LogP contribution in [0.5, 0.6) is 5.75 Å². The highest BCUT2D eigenvalue weighted by Crippen LogP contribution is 2.19. The van der Waals surface area contributed by atoms with Crippen LogP contribution in [0, 0.1) is 0 Å². The van der Waals surface area contributed by atoms with Gasteiger partial charge >= 0.3 is 0 Å². The number of amides is 1. The largest absolute Gasteiger partial charge is 0.496 e. The molecule has 0 bridgehead atoms. The second kappa shape index (κ2) is 7.64. The lowest BCUT2D eigenvalue weighted by Gasteiger charge is -2.35. The second-order valence-electron chi connectivity index (χ2n) is 5.59. The van der Waals surface area contributed by atoms with Gasteiger partial charge in [0.2, 0.25) is 5.91 Å². The molecule has 1 aliphatic rings. The quantitative estimate of drug-likeness (QED) is 0.811. The van der Waals surface area contributed by atoms with Crippen LogP contribution in [0.2, 0.25) is 0 Å². The summed E-state index contributed by atoms with van der Waals surface area (Å²) < 4.78 is 5.30. The fourth-order valence-electron chi connectivity index (χ4n) is 2.81. The molecule has 5 heteroatoms. The Bertz CT molecular complexity index is 708. The number of anilines is 1. The maximum Gasteiger partial charge on any atom is 0.246 e. The Morgan fingerprint density at radius 3 is 2.50 bits per heavy atom. The SMILES string of the molecule is COc1ccccc1C=CC(=O)N1CCN(c2ccncc2)CC1.